The molecule has 1 fully saturated rings. The van der Waals surface area contributed by atoms with E-state index in [0.29, 0.717) is 45.7 Å². The van der Waals surface area contributed by atoms with Gasteiger partial charge in [0.1, 0.15) is 17.5 Å². The molecule has 10 heteroatoms. The van der Waals surface area contributed by atoms with Crippen LogP contribution in [0.15, 0.2) is 23.2 Å². The summed E-state index contributed by atoms with van der Waals surface area (Å²) in [7, 11) is 3.24. The van der Waals surface area contributed by atoms with E-state index in [1.54, 1.807) is 14.2 Å². The number of aliphatic imine (C=N–C) groups is 1. The Morgan fingerprint density at radius 3 is 2.37 bits per heavy atom. The van der Waals surface area contributed by atoms with Crippen LogP contribution in [0.2, 0.25) is 0 Å². The number of guanidine groups is 1. The molecule has 1 aromatic carbocycles. The maximum Gasteiger partial charge on any atom is 0.403 e. The molecule has 0 radical (unpaired) electrons. The van der Waals surface area contributed by atoms with Crippen molar-refractivity contribution in [2.75, 3.05) is 53.5 Å². The number of hydrogen-bond acceptors (Lipinski definition) is 4. The number of alkyl halides is 3. The number of halogens is 4. The summed E-state index contributed by atoms with van der Waals surface area (Å²) in [4.78, 5) is 8.17. The minimum atomic E-state index is -4.20. The van der Waals surface area contributed by atoms with Gasteiger partial charge in [0.2, 0.25) is 0 Å². The van der Waals surface area contributed by atoms with Gasteiger partial charge in [-0.05, 0) is 44.0 Å². The number of nitrogens with zero attached hydrogens (tertiary/aromatic N) is 3. The summed E-state index contributed by atoms with van der Waals surface area (Å²) in [5.41, 5.74) is 0.996. The van der Waals surface area contributed by atoms with Crippen LogP contribution in [0, 0.1) is 0 Å². The van der Waals surface area contributed by atoms with E-state index >= 15 is 0 Å². The first-order valence-corrected chi connectivity index (χ1v) is 9.85. The molecule has 1 heterocycles. The Balaban J connectivity index is 0.00000450. The summed E-state index contributed by atoms with van der Waals surface area (Å²) in [6.45, 7) is 6.15. The third-order valence-electron chi connectivity index (χ3n) is 5.10. The first-order valence-electron chi connectivity index (χ1n) is 9.85. The minimum absolute atomic E-state index is 0. The zero-order valence-corrected chi connectivity index (χ0v) is 20.3. The van der Waals surface area contributed by atoms with Gasteiger partial charge in [-0.25, -0.2) is 0 Å². The molecule has 0 amide bonds. The highest BCUT2D eigenvalue weighted by Gasteiger charge is 2.41. The van der Waals surface area contributed by atoms with Crippen molar-refractivity contribution < 1.29 is 22.6 Å². The molecule has 1 aliphatic heterocycles. The Morgan fingerprint density at radius 2 is 1.83 bits per heavy atom. The summed E-state index contributed by atoms with van der Waals surface area (Å²) >= 11 is 0. The van der Waals surface area contributed by atoms with Gasteiger partial charge in [-0.3, -0.25) is 9.89 Å². The van der Waals surface area contributed by atoms with Crippen LogP contribution in [-0.4, -0.2) is 81.5 Å². The lowest BCUT2D eigenvalue weighted by atomic mass is 10.1. The van der Waals surface area contributed by atoms with Crippen molar-refractivity contribution in [1.82, 2.24) is 15.1 Å². The molecule has 1 atom stereocenters. The molecule has 1 saturated heterocycles. The Kier molecular flexibility index (Phi) is 11.0. The van der Waals surface area contributed by atoms with E-state index in [1.165, 1.54) is 11.8 Å². The zero-order chi connectivity index (χ0) is 21.4. The molecule has 0 bridgehead atoms. The van der Waals surface area contributed by atoms with Gasteiger partial charge < -0.3 is 19.7 Å². The molecular weight excluding hydrogens is 512 g/mol. The second kappa shape index (κ2) is 12.4. The molecule has 1 N–H and O–H groups in total. The van der Waals surface area contributed by atoms with Crippen molar-refractivity contribution in [3.63, 3.8) is 0 Å². The van der Waals surface area contributed by atoms with Gasteiger partial charge >= 0.3 is 6.18 Å². The maximum absolute atomic E-state index is 12.9. The minimum Gasteiger partial charge on any atom is -0.497 e. The summed E-state index contributed by atoms with van der Waals surface area (Å²) < 4.78 is 49.5. The number of hydrogen-bond donors (Lipinski definition) is 1. The average Bonchev–Trinajstić information content (AvgIpc) is 2.72. The van der Waals surface area contributed by atoms with Crippen LogP contribution in [0.1, 0.15) is 19.4 Å². The fourth-order valence-electron chi connectivity index (χ4n) is 3.31. The molecule has 172 valence electrons. The number of ether oxygens (including phenoxy) is 2. The molecule has 1 aliphatic rings. The third kappa shape index (κ3) is 7.36. The fraction of sp³-hybridized carbons (Fsp3) is 0.650. The second-order valence-electron chi connectivity index (χ2n) is 6.90. The van der Waals surface area contributed by atoms with Crippen LogP contribution in [0.5, 0.6) is 11.5 Å². The summed E-state index contributed by atoms with van der Waals surface area (Å²) in [6, 6.07) is 4.21. The number of methoxy groups -OCH3 is 2. The Hall–Kier alpha value is -1.43. The Morgan fingerprint density at radius 1 is 1.17 bits per heavy atom. The standard InChI is InChI=1S/C20H31F3N4O2.HI/c1-5-24-19(27-12-10-26(11-13-27)15(2)20(21,22)23)25-9-8-16-14-17(28-3)6-7-18(16)29-4;/h6-7,14-15H,5,8-13H2,1-4H3,(H,24,25);1H. The van der Waals surface area contributed by atoms with Gasteiger partial charge in [-0.15, -0.1) is 24.0 Å². The third-order valence-corrected chi connectivity index (χ3v) is 5.10. The van der Waals surface area contributed by atoms with Crippen molar-refractivity contribution >= 4 is 29.9 Å². The van der Waals surface area contributed by atoms with Crippen LogP contribution >= 0.6 is 24.0 Å². The first-order chi connectivity index (χ1) is 13.8. The predicted molar refractivity (Wildman–Crippen MR) is 123 cm³/mol. The topological polar surface area (TPSA) is 49.3 Å². The van der Waals surface area contributed by atoms with Crippen LogP contribution in [0.25, 0.3) is 0 Å². The maximum atomic E-state index is 12.9. The van der Waals surface area contributed by atoms with E-state index in [1.807, 2.05) is 30.0 Å². The fourth-order valence-corrected chi connectivity index (χ4v) is 3.31. The van der Waals surface area contributed by atoms with Gasteiger partial charge in [0, 0.05) is 39.3 Å². The number of rotatable bonds is 7. The number of benzene rings is 1. The molecule has 0 spiro atoms. The molecule has 1 aromatic rings. The molecule has 30 heavy (non-hydrogen) atoms. The Bertz CT molecular complexity index is 681. The molecule has 1 unspecified atom stereocenters. The number of piperazine rings is 1. The van der Waals surface area contributed by atoms with E-state index in [9.17, 15) is 13.2 Å². The van der Waals surface area contributed by atoms with E-state index in [0.717, 1.165) is 23.0 Å². The molecule has 0 aromatic heterocycles. The molecule has 0 aliphatic carbocycles. The smallest absolute Gasteiger partial charge is 0.403 e. The van der Waals surface area contributed by atoms with Crippen molar-refractivity contribution in [3.05, 3.63) is 23.8 Å². The highest BCUT2D eigenvalue weighted by Crippen LogP contribution is 2.26. The normalized spacial score (nSPS) is 16.6. The van der Waals surface area contributed by atoms with Gasteiger partial charge in [-0.1, -0.05) is 0 Å². The van der Waals surface area contributed by atoms with Crippen molar-refractivity contribution in [2.24, 2.45) is 4.99 Å². The molecule has 2 rings (SSSR count). The van der Waals surface area contributed by atoms with Gasteiger partial charge in [0.25, 0.3) is 0 Å². The van der Waals surface area contributed by atoms with Crippen LogP contribution < -0.4 is 14.8 Å². The van der Waals surface area contributed by atoms with Crippen molar-refractivity contribution in [1.29, 1.82) is 0 Å². The van der Waals surface area contributed by atoms with Crippen molar-refractivity contribution in [2.45, 2.75) is 32.5 Å². The van der Waals surface area contributed by atoms with Gasteiger partial charge in [-0.2, -0.15) is 13.2 Å². The highest BCUT2D eigenvalue weighted by molar-refractivity contribution is 14.0. The second-order valence-corrected chi connectivity index (χ2v) is 6.90. The van der Waals surface area contributed by atoms with Crippen molar-refractivity contribution in [3.8, 4) is 11.5 Å². The van der Waals surface area contributed by atoms with Crippen LogP contribution in [-0.2, 0) is 6.42 Å². The average molecular weight is 544 g/mol. The summed E-state index contributed by atoms with van der Waals surface area (Å²) in [6.07, 6.45) is -3.53. The summed E-state index contributed by atoms with van der Waals surface area (Å²) in [5.74, 6) is 2.26. The quantitative estimate of drug-likeness (QED) is 0.324. The monoisotopic (exact) mass is 544 g/mol. The summed E-state index contributed by atoms with van der Waals surface area (Å²) in [5, 5.41) is 3.24. The van der Waals surface area contributed by atoms with Gasteiger partial charge in [0.05, 0.1) is 14.2 Å². The lowest BCUT2D eigenvalue weighted by molar-refractivity contribution is -0.181. The van der Waals surface area contributed by atoms with Gasteiger partial charge in [0.15, 0.2) is 5.96 Å². The van der Waals surface area contributed by atoms with Crippen LogP contribution in [0.4, 0.5) is 13.2 Å². The number of nitrogens with one attached hydrogen (secondary N) is 1. The first kappa shape index (κ1) is 26.6. The van der Waals surface area contributed by atoms with E-state index in [2.05, 4.69) is 10.3 Å². The van der Waals surface area contributed by atoms with E-state index in [-0.39, 0.29) is 24.0 Å². The Labute approximate surface area is 193 Å². The molecule has 0 saturated carbocycles. The lowest BCUT2D eigenvalue weighted by Gasteiger charge is -2.39. The lowest BCUT2D eigenvalue weighted by Crippen LogP contribution is -2.56. The van der Waals surface area contributed by atoms with E-state index < -0.39 is 12.2 Å². The van der Waals surface area contributed by atoms with E-state index in [4.69, 9.17) is 9.47 Å². The predicted octanol–water partition coefficient (Wildman–Crippen LogP) is 3.40. The molecular formula is C20H32F3IN4O2. The van der Waals surface area contributed by atoms with Crippen LogP contribution in [0.3, 0.4) is 0 Å². The SMILES string of the molecule is CCNC(=NCCc1cc(OC)ccc1OC)N1CCN(C(C)C(F)(F)F)CC1.I. The highest BCUT2D eigenvalue weighted by atomic mass is 127. The largest absolute Gasteiger partial charge is 0.497 e. The zero-order valence-electron chi connectivity index (χ0n) is 18.0. The molecule has 6 nitrogen and oxygen atoms in total.